The summed E-state index contributed by atoms with van der Waals surface area (Å²) < 4.78 is 7.26. The van der Waals surface area contributed by atoms with Crippen molar-refractivity contribution in [3.05, 3.63) is 36.2 Å². The van der Waals surface area contributed by atoms with Gasteiger partial charge in [0, 0.05) is 18.1 Å². The molecule has 3 heterocycles. The van der Waals surface area contributed by atoms with Crippen molar-refractivity contribution in [3.63, 3.8) is 0 Å². The molecule has 0 saturated carbocycles. The van der Waals surface area contributed by atoms with Gasteiger partial charge >= 0.3 is 0 Å². The third-order valence-corrected chi connectivity index (χ3v) is 4.04. The molecule has 3 N–H and O–H groups in total. The Morgan fingerprint density at radius 3 is 2.80 bits per heavy atom. The van der Waals surface area contributed by atoms with Gasteiger partial charge in [0.05, 0.1) is 23.4 Å². The normalized spacial score (nSPS) is 12.1. The Morgan fingerprint density at radius 2 is 2.20 bits per heavy atom. The van der Waals surface area contributed by atoms with Crippen LogP contribution in [0.3, 0.4) is 0 Å². The highest BCUT2D eigenvalue weighted by Gasteiger charge is 2.23. The van der Waals surface area contributed by atoms with Gasteiger partial charge in [0.25, 0.3) is 5.91 Å². The summed E-state index contributed by atoms with van der Waals surface area (Å²) in [5.74, 6) is 0.393. The van der Waals surface area contributed by atoms with E-state index in [1.807, 2.05) is 33.8 Å². The van der Waals surface area contributed by atoms with Gasteiger partial charge in [-0.05, 0) is 45.9 Å². The molecule has 3 rings (SSSR count). The number of carbonyl (C=O) groups excluding carboxylic acids is 1. The lowest BCUT2D eigenvalue weighted by atomic mass is 10.0. The third kappa shape index (κ3) is 3.28. The largest absolute Gasteiger partial charge is 0.463 e. The minimum Gasteiger partial charge on any atom is -0.463 e. The monoisotopic (exact) mass is 341 g/mol. The SMILES string of the molecule is CC(C)n1ncc2c(C(=O)NC(C)(C)CN)cc(-c3ccco3)nc21. The number of aromatic nitrogens is 3. The van der Waals surface area contributed by atoms with E-state index in [-0.39, 0.29) is 11.9 Å². The van der Waals surface area contributed by atoms with E-state index in [4.69, 9.17) is 10.2 Å². The Balaban J connectivity index is 2.17. The standard InChI is InChI=1S/C18H23N5O2/c1-11(2)23-16-13(9-20-23)12(17(24)22-18(3,4)10-19)8-14(21-16)15-6-5-7-25-15/h5-9,11H,10,19H2,1-4H3,(H,22,24). The number of hydrogen-bond acceptors (Lipinski definition) is 5. The molecule has 0 saturated heterocycles. The summed E-state index contributed by atoms with van der Waals surface area (Å²) in [6.07, 6.45) is 3.26. The van der Waals surface area contributed by atoms with Gasteiger partial charge in [0.15, 0.2) is 11.4 Å². The van der Waals surface area contributed by atoms with Gasteiger partial charge in [-0.15, -0.1) is 0 Å². The summed E-state index contributed by atoms with van der Waals surface area (Å²) >= 11 is 0. The molecular weight excluding hydrogens is 318 g/mol. The quantitative estimate of drug-likeness (QED) is 0.743. The van der Waals surface area contributed by atoms with Gasteiger partial charge in [0.1, 0.15) is 5.69 Å². The maximum Gasteiger partial charge on any atom is 0.252 e. The molecule has 132 valence electrons. The zero-order valence-corrected chi connectivity index (χ0v) is 14.9. The summed E-state index contributed by atoms with van der Waals surface area (Å²) in [4.78, 5) is 17.5. The predicted molar refractivity (Wildman–Crippen MR) is 96.2 cm³/mol. The molecule has 0 atom stereocenters. The summed E-state index contributed by atoms with van der Waals surface area (Å²) in [5.41, 5.74) is 6.98. The van der Waals surface area contributed by atoms with Crippen LogP contribution >= 0.6 is 0 Å². The second-order valence-electron chi connectivity index (χ2n) is 6.99. The van der Waals surface area contributed by atoms with Crippen LogP contribution in [-0.4, -0.2) is 32.8 Å². The Labute approximate surface area is 146 Å². The molecule has 0 bridgehead atoms. The average molecular weight is 341 g/mol. The molecule has 0 aliphatic heterocycles. The van der Waals surface area contributed by atoms with E-state index in [0.29, 0.717) is 34.6 Å². The molecule has 0 unspecified atom stereocenters. The van der Waals surface area contributed by atoms with E-state index in [2.05, 4.69) is 15.4 Å². The van der Waals surface area contributed by atoms with Crippen LogP contribution < -0.4 is 11.1 Å². The zero-order chi connectivity index (χ0) is 18.2. The van der Waals surface area contributed by atoms with Crippen LogP contribution in [0.2, 0.25) is 0 Å². The zero-order valence-electron chi connectivity index (χ0n) is 14.9. The molecule has 3 aromatic rings. The highest BCUT2D eigenvalue weighted by Crippen LogP contribution is 2.27. The lowest BCUT2D eigenvalue weighted by molar-refractivity contribution is 0.0917. The van der Waals surface area contributed by atoms with Crippen molar-refractivity contribution >= 4 is 16.9 Å². The molecule has 0 aromatic carbocycles. The fourth-order valence-electron chi connectivity index (χ4n) is 2.56. The molecule has 25 heavy (non-hydrogen) atoms. The average Bonchev–Trinajstić information content (AvgIpc) is 3.22. The van der Waals surface area contributed by atoms with Crippen molar-refractivity contribution < 1.29 is 9.21 Å². The maximum atomic E-state index is 12.9. The van der Waals surface area contributed by atoms with Crippen molar-refractivity contribution in [2.45, 2.75) is 39.3 Å². The summed E-state index contributed by atoms with van der Waals surface area (Å²) in [6, 6.07) is 5.46. The second kappa shape index (κ2) is 6.33. The molecule has 7 nitrogen and oxygen atoms in total. The van der Waals surface area contributed by atoms with Crippen LogP contribution in [0.4, 0.5) is 0 Å². The number of pyridine rings is 1. The fraction of sp³-hybridized carbons (Fsp3) is 0.389. The molecule has 7 heteroatoms. The molecule has 3 aromatic heterocycles. The van der Waals surface area contributed by atoms with E-state index in [0.717, 1.165) is 0 Å². The van der Waals surface area contributed by atoms with Crippen LogP contribution in [0.1, 0.15) is 44.1 Å². The summed E-state index contributed by atoms with van der Waals surface area (Å²) in [7, 11) is 0. The number of amides is 1. The third-order valence-electron chi connectivity index (χ3n) is 4.04. The van der Waals surface area contributed by atoms with Crippen LogP contribution in [-0.2, 0) is 0 Å². The minimum absolute atomic E-state index is 0.119. The molecule has 0 radical (unpaired) electrons. The Morgan fingerprint density at radius 1 is 1.44 bits per heavy atom. The Bertz CT molecular complexity index is 894. The van der Waals surface area contributed by atoms with E-state index in [1.165, 1.54) is 0 Å². The van der Waals surface area contributed by atoms with Crippen LogP contribution in [0, 0.1) is 0 Å². The number of furan rings is 1. The van der Waals surface area contributed by atoms with Crippen LogP contribution in [0.15, 0.2) is 35.1 Å². The number of fused-ring (bicyclic) bond motifs is 1. The highest BCUT2D eigenvalue weighted by atomic mass is 16.3. The topological polar surface area (TPSA) is 99.0 Å². The molecule has 1 amide bonds. The van der Waals surface area contributed by atoms with Gasteiger partial charge in [-0.1, -0.05) is 0 Å². The first-order valence-corrected chi connectivity index (χ1v) is 8.27. The number of carbonyl (C=O) groups is 1. The van der Waals surface area contributed by atoms with E-state index < -0.39 is 5.54 Å². The lowest BCUT2D eigenvalue weighted by Crippen LogP contribution is -2.48. The van der Waals surface area contributed by atoms with Gasteiger partial charge in [-0.3, -0.25) is 4.79 Å². The maximum absolute atomic E-state index is 12.9. The molecule has 0 spiro atoms. The van der Waals surface area contributed by atoms with E-state index in [9.17, 15) is 4.79 Å². The van der Waals surface area contributed by atoms with Crippen molar-refractivity contribution in [1.82, 2.24) is 20.1 Å². The van der Waals surface area contributed by atoms with Crippen LogP contribution in [0.25, 0.3) is 22.5 Å². The first-order chi connectivity index (χ1) is 11.8. The number of hydrogen-bond donors (Lipinski definition) is 2. The number of nitrogens with one attached hydrogen (secondary N) is 1. The highest BCUT2D eigenvalue weighted by molar-refractivity contribution is 6.06. The smallest absolute Gasteiger partial charge is 0.252 e. The number of nitrogens with zero attached hydrogens (tertiary/aromatic N) is 3. The second-order valence-corrected chi connectivity index (χ2v) is 6.99. The summed E-state index contributed by atoms with van der Waals surface area (Å²) in [6.45, 7) is 8.14. The van der Waals surface area contributed by atoms with Crippen molar-refractivity contribution in [3.8, 4) is 11.5 Å². The van der Waals surface area contributed by atoms with E-state index >= 15 is 0 Å². The van der Waals surface area contributed by atoms with Gasteiger partial charge in [0.2, 0.25) is 0 Å². The predicted octanol–water partition coefficient (Wildman–Crippen LogP) is 2.74. The molecular formula is C18H23N5O2. The number of rotatable bonds is 5. The summed E-state index contributed by atoms with van der Waals surface area (Å²) in [5, 5.41) is 8.06. The Hall–Kier alpha value is -2.67. The van der Waals surface area contributed by atoms with Crippen molar-refractivity contribution in [2.75, 3.05) is 6.54 Å². The molecule has 0 aliphatic carbocycles. The molecule has 0 fully saturated rings. The Kier molecular flexibility index (Phi) is 4.34. The first-order valence-electron chi connectivity index (χ1n) is 8.27. The van der Waals surface area contributed by atoms with Gasteiger partial charge in [-0.2, -0.15) is 5.10 Å². The van der Waals surface area contributed by atoms with Crippen molar-refractivity contribution in [2.24, 2.45) is 5.73 Å². The van der Waals surface area contributed by atoms with Crippen molar-refractivity contribution in [1.29, 1.82) is 0 Å². The lowest BCUT2D eigenvalue weighted by Gasteiger charge is -2.24. The van der Waals surface area contributed by atoms with E-state index in [1.54, 1.807) is 29.3 Å². The first kappa shape index (κ1) is 17.2. The van der Waals surface area contributed by atoms with Gasteiger partial charge in [-0.25, -0.2) is 9.67 Å². The number of nitrogens with two attached hydrogens (primary N) is 1. The van der Waals surface area contributed by atoms with Gasteiger partial charge < -0.3 is 15.5 Å². The molecule has 0 aliphatic rings. The minimum atomic E-state index is -0.508. The van der Waals surface area contributed by atoms with Crippen LogP contribution in [0.5, 0.6) is 0 Å². The fourth-order valence-corrected chi connectivity index (χ4v) is 2.56.